The van der Waals surface area contributed by atoms with Gasteiger partial charge in [0, 0.05) is 19.0 Å². The second-order valence-corrected chi connectivity index (χ2v) is 6.12. The number of nitrogens with one attached hydrogen (secondary N) is 1. The van der Waals surface area contributed by atoms with Crippen molar-refractivity contribution in [3.8, 4) is 0 Å². The quantitative estimate of drug-likeness (QED) is 0.808. The molecule has 1 aromatic carbocycles. The van der Waals surface area contributed by atoms with E-state index in [0.29, 0.717) is 12.2 Å². The largest absolute Gasteiger partial charge is 0.343 e. The normalized spacial score (nSPS) is 13.3. The van der Waals surface area contributed by atoms with Gasteiger partial charge in [-0.1, -0.05) is 17.3 Å². The molecular weight excluding hydrogens is 280 g/mol. The van der Waals surface area contributed by atoms with Gasteiger partial charge in [0.05, 0.1) is 4.90 Å². The van der Waals surface area contributed by atoms with Gasteiger partial charge >= 0.3 is 0 Å². The van der Waals surface area contributed by atoms with Gasteiger partial charge in [-0.05, 0) is 24.6 Å². The Hall–Kier alpha value is -1.77. The van der Waals surface area contributed by atoms with Gasteiger partial charge in [-0.25, -0.2) is 13.1 Å². The fourth-order valence-electron chi connectivity index (χ4n) is 1.63. The van der Waals surface area contributed by atoms with Gasteiger partial charge in [-0.2, -0.15) is 4.98 Å². The predicted octanol–water partition coefficient (Wildman–Crippen LogP) is 0.610. The van der Waals surface area contributed by atoms with Crippen LogP contribution in [0.4, 0.5) is 0 Å². The van der Waals surface area contributed by atoms with Crippen molar-refractivity contribution in [3.63, 3.8) is 0 Å². The van der Waals surface area contributed by atoms with Gasteiger partial charge in [0.1, 0.15) is 0 Å². The highest BCUT2D eigenvalue weighted by atomic mass is 32.2. The number of nitrogens with two attached hydrogens (primary N) is 1. The summed E-state index contributed by atoms with van der Waals surface area (Å²) >= 11 is 0. The Kier molecular flexibility index (Phi) is 4.48. The van der Waals surface area contributed by atoms with E-state index in [-0.39, 0.29) is 17.5 Å². The molecule has 1 atom stereocenters. The Morgan fingerprint density at radius 2 is 2.05 bits per heavy atom. The summed E-state index contributed by atoms with van der Waals surface area (Å²) in [4.78, 5) is 4.02. The van der Waals surface area contributed by atoms with Gasteiger partial charge in [-0.15, -0.1) is 0 Å². The van der Waals surface area contributed by atoms with Crippen LogP contribution in [0.25, 0.3) is 0 Å². The standard InChI is InChI=1S/C12H16N4O3S/c1-9(13)10-2-4-11(5-3-10)20(17,18)15-7-6-12-14-8-19-16-12/h2-5,8-9,15H,6-7,13H2,1H3. The van der Waals surface area contributed by atoms with Crippen molar-refractivity contribution in [2.45, 2.75) is 24.3 Å². The highest BCUT2D eigenvalue weighted by molar-refractivity contribution is 7.89. The molecule has 1 heterocycles. The van der Waals surface area contributed by atoms with Crippen LogP contribution < -0.4 is 10.5 Å². The molecule has 2 aromatic rings. The summed E-state index contributed by atoms with van der Waals surface area (Å²) < 4.78 is 31.1. The minimum absolute atomic E-state index is 0.127. The maximum Gasteiger partial charge on any atom is 0.240 e. The van der Waals surface area contributed by atoms with E-state index in [1.54, 1.807) is 12.1 Å². The van der Waals surface area contributed by atoms with Crippen molar-refractivity contribution in [2.75, 3.05) is 6.54 Å². The molecule has 20 heavy (non-hydrogen) atoms. The van der Waals surface area contributed by atoms with E-state index in [9.17, 15) is 8.42 Å². The third kappa shape index (κ3) is 3.62. The third-order valence-corrected chi connectivity index (χ3v) is 4.24. The number of sulfonamides is 1. The lowest BCUT2D eigenvalue weighted by Crippen LogP contribution is -2.26. The van der Waals surface area contributed by atoms with E-state index >= 15 is 0 Å². The maximum atomic E-state index is 12.0. The lowest BCUT2D eigenvalue weighted by Gasteiger charge is -2.08. The molecule has 1 unspecified atom stereocenters. The Morgan fingerprint density at radius 1 is 1.35 bits per heavy atom. The fraction of sp³-hybridized carbons (Fsp3) is 0.333. The molecule has 0 bridgehead atoms. The van der Waals surface area contributed by atoms with Crippen LogP contribution >= 0.6 is 0 Å². The van der Waals surface area contributed by atoms with E-state index in [1.165, 1.54) is 18.5 Å². The van der Waals surface area contributed by atoms with E-state index in [4.69, 9.17) is 5.73 Å². The first-order chi connectivity index (χ1) is 9.49. The van der Waals surface area contributed by atoms with Crippen LogP contribution in [-0.2, 0) is 16.4 Å². The summed E-state index contributed by atoms with van der Waals surface area (Å²) in [5.74, 6) is 0.458. The predicted molar refractivity (Wildman–Crippen MR) is 72.2 cm³/mol. The molecule has 0 aliphatic carbocycles. The molecule has 7 nitrogen and oxygen atoms in total. The summed E-state index contributed by atoms with van der Waals surface area (Å²) in [6, 6.07) is 6.36. The van der Waals surface area contributed by atoms with Gasteiger partial charge in [0.15, 0.2) is 5.82 Å². The number of benzene rings is 1. The molecule has 0 aliphatic heterocycles. The van der Waals surface area contributed by atoms with Gasteiger partial charge in [-0.3, -0.25) is 0 Å². The summed E-state index contributed by atoms with van der Waals surface area (Å²) in [6.45, 7) is 2.05. The van der Waals surface area contributed by atoms with Crippen molar-refractivity contribution in [1.82, 2.24) is 14.9 Å². The Morgan fingerprint density at radius 3 is 2.60 bits per heavy atom. The van der Waals surface area contributed by atoms with Crippen LogP contribution in [0.3, 0.4) is 0 Å². The zero-order valence-electron chi connectivity index (χ0n) is 11.0. The topological polar surface area (TPSA) is 111 Å². The zero-order valence-corrected chi connectivity index (χ0v) is 11.8. The second kappa shape index (κ2) is 6.12. The molecule has 108 valence electrons. The van der Waals surface area contributed by atoms with Crippen LogP contribution in [0.1, 0.15) is 24.4 Å². The minimum Gasteiger partial charge on any atom is -0.343 e. The lowest BCUT2D eigenvalue weighted by atomic mass is 10.1. The second-order valence-electron chi connectivity index (χ2n) is 4.35. The first kappa shape index (κ1) is 14.6. The average molecular weight is 296 g/mol. The van der Waals surface area contributed by atoms with Crippen molar-refractivity contribution in [2.24, 2.45) is 5.73 Å². The fourth-order valence-corrected chi connectivity index (χ4v) is 2.67. The minimum atomic E-state index is -3.53. The van der Waals surface area contributed by atoms with Crippen molar-refractivity contribution >= 4 is 10.0 Å². The number of nitrogens with zero attached hydrogens (tertiary/aromatic N) is 2. The van der Waals surface area contributed by atoms with Crippen molar-refractivity contribution in [1.29, 1.82) is 0 Å². The molecule has 0 spiro atoms. The summed E-state index contributed by atoms with van der Waals surface area (Å²) in [5, 5.41) is 3.60. The molecule has 0 aliphatic rings. The smallest absolute Gasteiger partial charge is 0.240 e. The summed E-state index contributed by atoms with van der Waals surface area (Å²) in [7, 11) is -3.53. The molecule has 0 saturated heterocycles. The molecule has 1 aromatic heterocycles. The van der Waals surface area contributed by atoms with E-state index in [0.717, 1.165) is 5.56 Å². The third-order valence-electron chi connectivity index (χ3n) is 2.76. The number of rotatable bonds is 6. The monoisotopic (exact) mass is 296 g/mol. The number of hydrogen-bond acceptors (Lipinski definition) is 6. The Labute approximate surface area is 117 Å². The number of aromatic nitrogens is 2. The van der Waals surface area contributed by atoms with E-state index in [2.05, 4.69) is 19.4 Å². The lowest BCUT2D eigenvalue weighted by molar-refractivity contribution is 0.410. The van der Waals surface area contributed by atoms with Crippen LogP contribution in [0.5, 0.6) is 0 Å². The summed E-state index contributed by atoms with van der Waals surface area (Å²) in [6.07, 6.45) is 1.57. The van der Waals surface area contributed by atoms with Crippen LogP contribution in [-0.4, -0.2) is 25.1 Å². The van der Waals surface area contributed by atoms with Crippen LogP contribution in [0.2, 0.25) is 0 Å². The van der Waals surface area contributed by atoms with Gasteiger partial charge in [0.2, 0.25) is 16.4 Å². The molecule has 0 saturated carbocycles. The highest BCUT2D eigenvalue weighted by Crippen LogP contribution is 2.14. The molecular formula is C12H16N4O3S. The number of hydrogen-bond donors (Lipinski definition) is 2. The molecule has 3 N–H and O–H groups in total. The first-order valence-corrected chi connectivity index (χ1v) is 7.58. The SMILES string of the molecule is CC(N)c1ccc(S(=O)(=O)NCCc2ncon2)cc1. The molecule has 0 fully saturated rings. The van der Waals surface area contributed by atoms with E-state index in [1.807, 2.05) is 6.92 Å². The average Bonchev–Trinajstić information content (AvgIpc) is 2.92. The summed E-state index contributed by atoms with van der Waals surface area (Å²) in [5.41, 5.74) is 6.60. The Bertz CT molecular complexity index is 636. The molecule has 0 radical (unpaired) electrons. The first-order valence-electron chi connectivity index (χ1n) is 6.09. The van der Waals surface area contributed by atoms with Crippen LogP contribution in [0, 0.1) is 0 Å². The van der Waals surface area contributed by atoms with E-state index < -0.39 is 10.0 Å². The molecule has 8 heteroatoms. The van der Waals surface area contributed by atoms with Gasteiger partial charge < -0.3 is 10.3 Å². The van der Waals surface area contributed by atoms with Crippen molar-refractivity contribution < 1.29 is 12.9 Å². The molecule has 2 rings (SSSR count). The zero-order chi connectivity index (χ0) is 14.6. The Balaban J connectivity index is 1.99. The highest BCUT2D eigenvalue weighted by Gasteiger charge is 2.14. The van der Waals surface area contributed by atoms with Crippen molar-refractivity contribution in [3.05, 3.63) is 42.0 Å². The molecule has 0 amide bonds. The van der Waals surface area contributed by atoms with Crippen LogP contribution in [0.15, 0.2) is 40.1 Å². The van der Waals surface area contributed by atoms with Gasteiger partial charge in [0.25, 0.3) is 0 Å². The maximum absolute atomic E-state index is 12.0.